The van der Waals surface area contributed by atoms with E-state index in [4.69, 9.17) is 4.74 Å². The number of hydrogen-bond acceptors (Lipinski definition) is 5. The summed E-state index contributed by atoms with van der Waals surface area (Å²) in [7, 11) is 2.08. The summed E-state index contributed by atoms with van der Waals surface area (Å²) in [6.45, 7) is 1.85. The maximum atomic E-state index is 12.6. The molecule has 2 fully saturated rings. The largest absolute Gasteiger partial charge is 0.356 e. The Bertz CT molecular complexity index is 558. The SMILES string of the molecule is CN1CCC(NC(=O)[C@H]2OCC(=O)N[C@@H]2c2cccnc2)CC1. The Hall–Kier alpha value is -1.99. The van der Waals surface area contributed by atoms with Gasteiger partial charge in [0.25, 0.3) is 5.91 Å². The number of carbonyl (C=O) groups is 2. The van der Waals surface area contributed by atoms with E-state index in [2.05, 4.69) is 27.6 Å². The van der Waals surface area contributed by atoms with Gasteiger partial charge in [-0.15, -0.1) is 0 Å². The number of ether oxygens (including phenoxy) is 1. The molecule has 23 heavy (non-hydrogen) atoms. The van der Waals surface area contributed by atoms with E-state index in [1.807, 2.05) is 6.07 Å². The van der Waals surface area contributed by atoms with E-state index in [1.165, 1.54) is 0 Å². The summed E-state index contributed by atoms with van der Waals surface area (Å²) in [4.78, 5) is 30.6. The van der Waals surface area contributed by atoms with Crippen molar-refractivity contribution < 1.29 is 14.3 Å². The van der Waals surface area contributed by atoms with Crippen molar-refractivity contribution in [1.82, 2.24) is 20.5 Å². The molecule has 2 amide bonds. The van der Waals surface area contributed by atoms with Crippen molar-refractivity contribution in [1.29, 1.82) is 0 Å². The second kappa shape index (κ2) is 7.06. The number of nitrogens with one attached hydrogen (secondary N) is 2. The summed E-state index contributed by atoms with van der Waals surface area (Å²) >= 11 is 0. The van der Waals surface area contributed by atoms with Crippen molar-refractivity contribution in [2.45, 2.75) is 31.0 Å². The van der Waals surface area contributed by atoms with E-state index in [0.717, 1.165) is 31.5 Å². The topological polar surface area (TPSA) is 83.6 Å². The molecular formula is C16H22N4O3. The lowest BCUT2D eigenvalue weighted by molar-refractivity contribution is -0.148. The summed E-state index contributed by atoms with van der Waals surface area (Å²) in [5.41, 5.74) is 0.768. The molecule has 0 aliphatic carbocycles. The van der Waals surface area contributed by atoms with E-state index in [0.29, 0.717) is 0 Å². The minimum absolute atomic E-state index is 0.0950. The van der Waals surface area contributed by atoms with Gasteiger partial charge in [-0.25, -0.2) is 0 Å². The monoisotopic (exact) mass is 318 g/mol. The van der Waals surface area contributed by atoms with E-state index in [1.54, 1.807) is 18.5 Å². The predicted molar refractivity (Wildman–Crippen MR) is 83.5 cm³/mol. The van der Waals surface area contributed by atoms with Gasteiger partial charge in [-0.05, 0) is 44.6 Å². The third-order valence-corrected chi connectivity index (χ3v) is 4.38. The molecule has 0 saturated carbocycles. The molecule has 7 heteroatoms. The molecule has 2 N–H and O–H groups in total. The van der Waals surface area contributed by atoms with Crippen molar-refractivity contribution in [2.24, 2.45) is 0 Å². The first kappa shape index (κ1) is 15.9. The van der Waals surface area contributed by atoms with Crippen LogP contribution >= 0.6 is 0 Å². The molecule has 3 heterocycles. The van der Waals surface area contributed by atoms with Crippen LogP contribution in [0.5, 0.6) is 0 Å². The van der Waals surface area contributed by atoms with Gasteiger partial charge in [0.2, 0.25) is 5.91 Å². The van der Waals surface area contributed by atoms with Crippen molar-refractivity contribution in [3.63, 3.8) is 0 Å². The maximum Gasteiger partial charge on any atom is 0.251 e. The Kier molecular flexibility index (Phi) is 4.88. The molecule has 3 rings (SSSR count). The van der Waals surface area contributed by atoms with Gasteiger partial charge < -0.3 is 20.3 Å². The molecule has 0 spiro atoms. The highest BCUT2D eigenvalue weighted by atomic mass is 16.5. The van der Waals surface area contributed by atoms with Crippen LogP contribution in [0.4, 0.5) is 0 Å². The number of morpholine rings is 1. The van der Waals surface area contributed by atoms with E-state index < -0.39 is 12.1 Å². The van der Waals surface area contributed by atoms with Crippen LogP contribution in [0.15, 0.2) is 24.5 Å². The Morgan fingerprint density at radius 2 is 2.22 bits per heavy atom. The van der Waals surface area contributed by atoms with Gasteiger partial charge in [-0.2, -0.15) is 0 Å². The molecular weight excluding hydrogens is 296 g/mol. The lowest BCUT2D eigenvalue weighted by Crippen LogP contribution is -2.55. The van der Waals surface area contributed by atoms with Gasteiger partial charge >= 0.3 is 0 Å². The summed E-state index contributed by atoms with van der Waals surface area (Å²) < 4.78 is 5.52. The quantitative estimate of drug-likeness (QED) is 0.810. The van der Waals surface area contributed by atoms with Crippen LogP contribution in [0.3, 0.4) is 0 Å². The van der Waals surface area contributed by atoms with Crippen molar-refractivity contribution in [3.8, 4) is 0 Å². The van der Waals surface area contributed by atoms with Crippen LogP contribution in [0.2, 0.25) is 0 Å². The number of nitrogens with zero attached hydrogens (tertiary/aromatic N) is 2. The molecule has 2 aliphatic heterocycles. The number of amides is 2. The number of carbonyl (C=O) groups excluding carboxylic acids is 2. The Labute approximate surface area is 135 Å². The Balaban J connectivity index is 1.68. The molecule has 124 valence electrons. The first-order chi connectivity index (χ1) is 11.1. The molecule has 0 unspecified atom stereocenters. The highest BCUT2D eigenvalue weighted by Gasteiger charge is 2.37. The van der Waals surface area contributed by atoms with Crippen LogP contribution < -0.4 is 10.6 Å². The highest BCUT2D eigenvalue weighted by molar-refractivity contribution is 5.86. The molecule has 2 atom stereocenters. The fourth-order valence-corrected chi connectivity index (χ4v) is 3.03. The normalized spacial score (nSPS) is 26.6. The van der Waals surface area contributed by atoms with E-state index in [9.17, 15) is 9.59 Å². The molecule has 0 radical (unpaired) electrons. The number of likely N-dealkylation sites (tertiary alicyclic amines) is 1. The minimum Gasteiger partial charge on any atom is -0.356 e. The zero-order valence-corrected chi connectivity index (χ0v) is 13.2. The molecule has 7 nitrogen and oxygen atoms in total. The molecule has 2 saturated heterocycles. The average Bonchev–Trinajstić information content (AvgIpc) is 2.57. The fourth-order valence-electron chi connectivity index (χ4n) is 3.03. The van der Waals surface area contributed by atoms with Gasteiger partial charge in [0.05, 0.1) is 6.04 Å². The number of piperidine rings is 1. The van der Waals surface area contributed by atoms with Gasteiger partial charge in [-0.3, -0.25) is 14.6 Å². The zero-order chi connectivity index (χ0) is 16.2. The zero-order valence-electron chi connectivity index (χ0n) is 13.2. The highest BCUT2D eigenvalue weighted by Crippen LogP contribution is 2.22. The number of aromatic nitrogens is 1. The molecule has 2 aliphatic rings. The lowest BCUT2D eigenvalue weighted by Gasteiger charge is -2.34. The van der Waals surface area contributed by atoms with Crippen LogP contribution in [0.1, 0.15) is 24.4 Å². The number of pyridine rings is 1. The summed E-state index contributed by atoms with van der Waals surface area (Å²) in [5, 5.41) is 5.90. The van der Waals surface area contributed by atoms with Crippen molar-refractivity contribution >= 4 is 11.8 Å². The predicted octanol–water partition coefficient (Wildman–Crippen LogP) is -0.152. The first-order valence-corrected chi connectivity index (χ1v) is 7.93. The Morgan fingerprint density at radius 3 is 2.91 bits per heavy atom. The second-order valence-corrected chi connectivity index (χ2v) is 6.15. The average molecular weight is 318 g/mol. The van der Waals surface area contributed by atoms with Crippen LogP contribution in [-0.4, -0.2) is 60.6 Å². The van der Waals surface area contributed by atoms with Gasteiger partial charge in [0.1, 0.15) is 6.61 Å². The number of rotatable bonds is 3. The number of hydrogen-bond donors (Lipinski definition) is 2. The smallest absolute Gasteiger partial charge is 0.251 e. The minimum atomic E-state index is -0.725. The standard InChI is InChI=1S/C16H22N4O3/c1-20-7-4-12(5-8-20)18-16(22)15-14(19-13(21)10-23-15)11-3-2-6-17-9-11/h2-3,6,9,12,14-15H,4-5,7-8,10H2,1H3,(H,18,22)(H,19,21)/t14-,15+/m1/s1. The summed E-state index contributed by atoms with van der Waals surface area (Å²) in [6, 6.07) is 3.27. The first-order valence-electron chi connectivity index (χ1n) is 7.93. The fraction of sp³-hybridized carbons (Fsp3) is 0.562. The maximum absolute atomic E-state index is 12.6. The van der Waals surface area contributed by atoms with Crippen molar-refractivity contribution in [3.05, 3.63) is 30.1 Å². The summed E-state index contributed by atoms with van der Waals surface area (Å²) in [5.74, 6) is -0.393. The Morgan fingerprint density at radius 1 is 1.43 bits per heavy atom. The summed E-state index contributed by atoms with van der Waals surface area (Å²) in [6.07, 6.45) is 4.44. The lowest BCUT2D eigenvalue weighted by atomic mass is 9.99. The van der Waals surface area contributed by atoms with E-state index >= 15 is 0 Å². The third kappa shape index (κ3) is 3.86. The third-order valence-electron chi connectivity index (χ3n) is 4.38. The molecule has 1 aromatic rings. The van der Waals surface area contributed by atoms with Crippen LogP contribution in [-0.2, 0) is 14.3 Å². The van der Waals surface area contributed by atoms with Gasteiger partial charge in [-0.1, -0.05) is 6.07 Å². The van der Waals surface area contributed by atoms with Gasteiger partial charge in [0, 0.05) is 18.4 Å². The molecule has 0 aromatic carbocycles. The van der Waals surface area contributed by atoms with Gasteiger partial charge in [0.15, 0.2) is 6.10 Å². The molecule has 1 aromatic heterocycles. The van der Waals surface area contributed by atoms with E-state index in [-0.39, 0.29) is 24.5 Å². The second-order valence-electron chi connectivity index (χ2n) is 6.15. The van der Waals surface area contributed by atoms with Crippen LogP contribution in [0.25, 0.3) is 0 Å². The van der Waals surface area contributed by atoms with Crippen molar-refractivity contribution in [2.75, 3.05) is 26.7 Å². The van der Waals surface area contributed by atoms with Crippen LogP contribution in [0, 0.1) is 0 Å². The molecule has 0 bridgehead atoms.